The van der Waals surface area contributed by atoms with Crippen molar-refractivity contribution in [1.29, 1.82) is 0 Å². The first-order valence-electron chi connectivity index (χ1n) is 31.4. The lowest BCUT2D eigenvalue weighted by Gasteiger charge is -2.18. The highest BCUT2D eigenvalue weighted by Crippen LogP contribution is 2.17. The summed E-state index contributed by atoms with van der Waals surface area (Å²) in [4.78, 5) is 38.2. The summed E-state index contributed by atoms with van der Waals surface area (Å²) in [6, 6.07) is 0. The fraction of sp³-hybridized carbons (Fsp3) is 0.696. The van der Waals surface area contributed by atoms with E-state index in [4.69, 9.17) is 14.2 Å². The smallest absolute Gasteiger partial charge is 0.309 e. The van der Waals surface area contributed by atoms with Gasteiger partial charge in [-0.25, -0.2) is 0 Å². The molecule has 0 N–H and O–H groups in total. The number of esters is 3. The Morgan fingerprint density at radius 3 is 0.933 bits per heavy atom. The van der Waals surface area contributed by atoms with Gasteiger partial charge in [0, 0.05) is 12.8 Å². The van der Waals surface area contributed by atoms with E-state index in [0.717, 1.165) is 109 Å². The summed E-state index contributed by atoms with van der Waals surface area (Å²) >= 11 is 0. The predicted molar refractivity (Wildman–Crippen MR) is 325 cm³/mol. The molecule has 0 rings (SSSR count). The van der Waals surface area contributed by atoms with Crippen LogP contribution in [0.3, 0.4) is 0 Å². The van der Waals surface area contributed by atoms with Gasteiger partial charge in [-0.2, -0.15) is 0 Å². The monoisotopic (exact) mass is 1040 g/mol. The summed E-state index contributed by atoms with van der Waals surface area (Å²) < 4.78 is 16.8. The molecule has 0 saturated heterocycles. The Labute approximate surface area is 463 Å². The third-order valence-electron chi connectivity index (χ3n) is 13.3. The molecule has 6 heteroatoms. The van der Waals surface area contributed by atoms with E-state index in [-0.39, 0.29) is 31.6 Å². The standard InChI is InChI=1S/C69H116O6/c1-4-7-10-13-16-19-22-25-28-30-32-33-34-35-37-38-41-44-47-50-53-56-59-62-68(71)74-65-66(64-73-67(70)61-58-55-52-49-46-43-40-27-24-21-18-15-12-9-6-3)75-69(72)63-60-57-54-51-48-45-42-39-36-31-29-26-23-20-17-14-11-8-5-2/h8-9,11-12,17-18,20-21,26-27,29,36,39-40,46,49,55,58,66H,4-7,10,13-16,19,22-25,28,30-35,37-38,41-45,47-48,50-54,56-57,59-65H2,1-3H3/b11-8-,12-9-,20-17-,21-18-,29-26-,39-36-,40-27-,49-46-,58-55-. The van der Waals surface area contributed by atoms with Gasteiger partial charge in [0.1, 0.15) is 13.2 Å². The minimum absolute atomic E-state index is 0.113. The Balaban J connectivity index is 4.42. The van der Waals surface area contributed by atoms with Gasteiger partial charge < -0.3 is 14.2 Å². The van der Waals surface area contributed by atoms with Crippen molar-refractivity contribution in [2.75, 3.05) is 13.2 Å². The summed E-state index contributed by atoms with van der Waals surface area (Å²) in [6.07, 6.45) is 85.5. The van der Waals surface area contributed by atoms with Gasteiger partial charge in [0.2, 0.25) is 0 Å². The number of hydrogen-bond donors (Lipinski definition) is 0. The van der Waals surface area contributed by atoms with E-state index >= 15 is 0 Å². The van der Waals surface area contributed by atoms with Crippen LogP contribution in [-0.4, -0.2) is 37.2 Å². The number of hydrogen-bond acceptors (Lipinski definition) is 6. The number of allylic oxidation sites excluding steroid dienone is 17. The predicted octanol–water partition coefficient (Wildman–Crippen LogP) is 21.4. The van der Waals surface area contributed by atoms with E-state index in [1.165, 1.54) is 141 Å². The fourth-order valence-corrected chi connectivity index (χ4v) is 8.69. The first kappa shape index (κ1) is 71.1. The number of ether oxygens (including phenoxy) is 3. The van der Waals surface area contributed by atoms with Crippen LogP contribution < -0.4 is 0 Å². The second-order valence-corrected chi connectivity index (χ2v) is 20.6. The van der Waals surface area contributed by atoms with E-state index in [1.807, 2.05) is 6.08 Å². The zero-order valence-electron chi connectivity index (χ0n) is 49.0. The Kier molecular flexibility index (Phi) is 59.3. The van der Waals surface area contributed by atoms with E-state index in [9.17, 15) is 14.4 Å². The number of rotatable bonds is 56. The van der Waals surface area contributed by atoms with E-state index < -0.39 is 12.1 Å². The van der Waals surface area contributed by atoms with Crippen molar-refractivity contribution < 1.29 is 28.6 Å². The number of carbonyl (C=O) groups is 3. The van der Waals surface area contributed by atoms with Gasteiger partial charge in [-0.3, -0.25) is 14.4 Å². The van der Waals surface area contributed by atoms with E-state index in [2.05, 4.69) is 118 Å². The molecule has 0 radical (unpaired) electrons. The Hall–Kier alpha value is -3.93. The molecular formula is C69H116O6. The zero-order chi connectivity index (χ0) is 54.3. The number of unbranched alkanes of at least 4 members (excludes halogenated alkanes) is 28. The van der Waals surface area contributed by atoms with Gasteiger partial charge in [-0.15, -0.1) is 0 Å². The quantitative estimate of drug-likeness (QED) is 0.0261. The SMILES string of the molecule is CC/C=C\C/C=C\C/C=C\C/C=C\C/C=C\CC(=O)OCC(COC(=O)CCCCCCCCCCCCCCCCCCCCCCCCC)OC(=O)CCCCCCCC/C=C\C/C=C\C/C=C\C/C=C\CC. The van der Waals surface area contributed by atoms with E-state index in [0.29, 0.717) is 12.8 Å². The first-order valence-corrected chi connectivity index (χ1v) is 31.4. The van der Waals surface area contributed by atoms with E-state index in [1.54, 1.807) is 6.08 Å². The molecule has 0 aliphatic rings. The maximum absolute atomic E-state index is 12.9. The van der Waals surface area contributed by atoms with Crippen molar-refractivity contribution in [1.82, 2.24) is 0 Å². The van der Waals surface area contributed by atoms with Crippen molar-refractivity contribution in [3.05, 3.63) is 109 Å². The van der Waals surface area contributed by atoms with Crippen LogP contribution in [0.4, 0.5) is 0 Å². The Bertz CT molecular complexity index is 1520. The molecule has 0 bridgehead atoms. The molecule has 0 aliphatic carbocycles. The molecule has 0 heterocycles. The molecule has 75 heavy (non-hydrogen) atoms. The van der Waals surface area contributed by atoms with Gasteiger partial charge in [-0.1, -0.05) is 297 Å². The summed E-state index contributed by atoms with van der Waals surface area (Å²) in [5, 5.41) is 0. The highest BCUT2D eigenvalue weighted by Gasteiger charge is 2.19. The molecule has 0 fully saturated rings. The molecule has 1 atom stereocenters. The summed E-state index contributed by atoms with van der Waals surface area (Å²) in [7, 11) is 0. The van der Waals surface area contributed by atoms with Gasteiger partial charge in [0.15, 0.2) is 6.10 Å². The zero-order valence-corrected chi connectivity index (χ0v) is 49.0. The van der Waals surface area contributed by atoms with Crippen LogP contribution in [0.2, 0.25) is 0 Å². The van der Waals surface area contributed by atoms with Crippen LogP contribution in [0.5, 0.6) is 0 Å². The summed E-state index contributed by atoms with van der Waals surface area (Å²) in [6.45, 7) is 6.34. The molecule has 1 unspecified atom stereocenters. The van der Waals surface area contributed by atoms with Gasteiger partial charge in [0.25, 0.3) is 0 Å². The lowest BCUT2D eigenvalue weighted by molar-refractivity contribution is -0.166. The molecular weight excluding hydrogens is 925 g/mol. The second-order valence-electron chi connectivity index (χ2n) is 20.6. The molecule has 0 aromatic carbocycles. The Morgan fingerprint density at radius 2 is 0.573 bits per heavy atom. The van der Waals surface area contributed by atoms with Crippen LogP contribution in [-0.2, 0) is 28.6 Å². The maximum atomic E-state index is 12.9. The topological polar surface area (TPSA) is 78.9 Å². The molecule has 0 amide bonds. The van der Waals surface area contributed by atoms with Gasteiger partial charge >= 0.3 is 17.9 Å². The van der Waals surface area contributed by atoms with Crippen molar-refractivity contribution in [3.8, 4) is 0 Å². The molecule has 0 spiro atoms. The van der Waals surface area contributed by atoms with Crippen molar-refractivity contribution in [3.63, 3.8) is 0 Å². The summed E-state index contributed by atoms with van der Waals surface area (Å²) in [5.41, 5.74) is 0. The highest BCUT2D eigenvalue weighted by molar-refractivity contribution is 5.72. The van der Waals surface area contributed by atoms with Crippen LogP contribution in [0.1, 0.15) is 290 Å². The van der Waals surface area contributed by atoms with Crippen molar-refractivity contribution >= 4 is 17.9 Å². The van der Waals surface area contributed by atoms with Crippen LogP contribution in [0.15, 0.2) is 109 Å². The van der Waals surface area contributed by atoms with Gasteiger partial charge in [0.05, 0.1) is 6.42 Å². The lowest BCUT2D eigenvalue weighted by Crippen LogP contribution is -2.30. The largest absolute Gasteiger partial charge is 0.462 e. The van der Waals surface area contributed by atoms with Gasteiger partial charge in [-0.05, 0) is 83.5 Å². The van der Waals surface area contributed by atoms with Crippen LogP contribution in [0.25, 0.3) is 0 Å². The molecule has 0 aromatic heterocycles. The maximum Gasteiger partial charge on any atom is 0.309 e. The second kappa shape index (κ2) is 62.6. The fourth-order valence-electron chi connectivity index (χ4n) is 8.69. The molecule has 0 aliphatic heterocycles. The molecule has 6 nitrogen and oxygen atoms in total. The average molecular weight is 1040 g/mol. The Morgan fingerprint density at radius 1 is 0.293 bits per heavy atom. The minimum Gasteiger partial charge on any atom is -0.462 e. The molecule has 0 saturated carbocycles. The molecule has 0 aromatic rings. The third kappa shape index (κ3) is 60.8. The first-order chi connectivity index (χ1) is 37.0. The normalized spacial score (nSPS) is 12.8. The third-order valence-corrected chi connectivity index (χ3v) is 13.3. The van der Waals surface area contributed by atoms with Crippen molar-refractivity contribution in [2.24, 2.45) is 0 Å². The lowest BCUT2D eigenvalue weighted by atomic mass is 10.0. The minimum atomic E-state index is -0.827. The summed E-state index contributed by atoms with van der Waals surface area (Å²) in [5.74, 6) is -1.05. The highest BCUT2D eigenvalue weighted by atomic mass is 16.6. The number of carbonyl (C=O) groups excluding carboxylic acids is 3. The molecule has 428 valence electrons. The van der Waals surface area contributed by atoms with Crippen LogP contribution in [0, 0.1) is 0 Å². The van der Waals surface area contributed by atoms with Crippen LogP contribution >= 0.6 is 0 Å². The average Bonchev–Trinajstić information content (AvgIpc) is 3.41. The van der Waals surface area contributed by atoms with Crippen molar-refractivity contribution in [2.45, 2.75) is 297 Å².